The first kappa shape index (κ1) is 13.1. The van der Waals surface area contributed by atoms with Gasteiger partial charge in [0.2, 0.25) is 0 Å². The number of hydrogen-bond donors (Lipinski definition) is 1. The smallest absolute Gasteiger partial charge is 0.251 e. The average molecular weight is 281 g/mol. The van der Waals surface area contributed by atoms with Gasteiger partial charge in [0.05, 0.1) is 11.2 Å². The van der Waals surface area contributed by atoms with Crippen molar-refractivity contribution in [1.29, 1.82) is 0 Å². The zero-order valence-corrected chi connectivity index (χ0v) is 11.5. The van der Waals surface area contributed by atoms with Crippen LogP contribution in [-0.2, 0) is 6.42 Å². The Bertz CT molecular complexity index is 540. The number of nitrogens with one attached hydrogen (secondary N) is 1. The summed E-state index contributed by atoms with van der Waals surface area (Å²) in [5, 5.41) is 5.47. The molecule has 0 saturated carbocycles. The van der Waals surface area contributed by atoms with E-state index in [0.29, 0.717) is 17.1 Å². The third kappa shape index (κ3) is 3.09. The molecule has 1 N–H and O–H groups in total. The first-order chi connectivity index (χ1) is 8.68. The van der Waals surface area contributed by atoms with Crippen LogP contribution in [0.2, 0.25) is 5.02 Å². The molecule has 0 radical (unpaired) electrons. The second kappa shape index (κ2) is 5.98. The van der Waals surface area contributed by atoms with Crippen molar-refractivity contribution in [2.45, 2.75) is 13.3 Å². The van der Waals surface area contributed by atoms with E-state index in [1.807, 2.05) is 12.3 Å². The lowest BCUT2D eigenvalue weighted by Crippen LogP contribution is -2.26. The number of nitrogens with zero attached hydrogens (tertiary/aromatic N) is 1. The number of hydrogen-bond acceptors (Lipinski definition) is 3. The Kier molecular flexibility index (Phi) is 4.33. The maximum absolute atomic E-state index is 12.0. The average Bonchev–Trinajstić information content (AvgIpc) is 2.85. The Labute approximate surface area is 115 Å². The highest BCUT2D eigenvalue weighted by atomic mass is 35.5. The first-order valence-electron chi connectivity index (χ1n) is 5.59. The Morgan fingerprint density at radius 3 is 3.06 bits per heavy atom. The molecule has 0 atom stereocenters. The van der Waals surface area contributed by atoms with Crippen molar-refractivity contribution in [3.63, 3.8) is 0 Å². The number of carbonyl (C=O) groups is 1. The summed E-state index contributed by atoms with van der Waals surface area (Å²) in [4.78, 5) is 16.1. The van der Waals surface area contributed by atoms with Gasteiger partial charge in [-0.25, -0.2) is 4.98 Å². The molecule has 1 aromatic heterocycles. The zero-order chi connectivity index (χ0) is 13.0. The van der Waals surface area contributed by atoms with Crippen molar-refractivity contribution in [1.82, 2.24) is 10.3 Å². The van der Waals surface area contributed by atoms with Crippen molar-refractivity contribution in [2.75, 3.05) is 6.54 Å². The van der Waals surface area contributed by atoms with Gasteiger partial charge in [-0.2, -0.15) is 0 Å². The highest BCUT2D eigenvalue weighted by Gasteiger charge is 2.10. The van der Waals surface area contributed by atoms with Gasteiger partial charge in [0.25, 0.3) is 5.91 Å². The van der Waals surface area contributed by atoms with Gasteiger partial charge >= 0.3 is 0 Å². The van der Waals surface area contributed by atoms with Gasteiger partial charge in [0, 0.05) is 28.9 Å². The largest absolute Gasteiger partial charge is 0.352 e. The Balaban J connectivity index is 1.93. The molecule has 18 heavy (non-hydrogen) atoms. The number of amides is 1. The zero-order valence-electron chi connectivity index (χ0n) is 9.94. The van der Waals surface area contributed by atoms with Gasteiger partial charge in [-0.1, -0.05) is 17.7 Å². The molecule has 2 rings (SSSR count). The maximum Gasteiger partial charge on any atom is 0.251 e. The van der Waals surface area contributed by atoms with Crippen LogP contribution in [-0.4, -0.2) is 17.4 Å². The number of halogens is 1. The summed E-state index contributed by atoms with van der Waals surface area (Å²) in [7, 11) is 0. The Morgan fingerprint density at radius 2 is 2.33 bits per heavy atom. The summed E-state index contributed by atoms with van der Waals surface area (Å²) in [5.74, 6) is -0.0924. The minimum atomic E-state index is -0.0924. The predicted octanol–water partition coefficient (Wildman–Crippen LogP) is 3.08. The number of rotatable bonds is 4. The van der Waals surface area contributed by atoms with E-state index in [1.54, 1.807) is 35.0 Å². The van der Waals surface area contributed by atoms with Gasteiger partial charge < -0.3 is 5.32 Å². The second-order valence-electron chi connectivity index (χ2n) is 3.90. The highest BCUT2D eigenvalue weighted by Crippen LogP contribution is 2.18. The van der Waals surface area contributed by atoms with Crippen LogP contribution in [0, 0.1) is 6.92 Å². The summed E-state index contributed by atoms with van der Waals surface area (Å²) in [6.45, 7) is 2.42. The molecule has 0 aliphatic carbocycles. The van der Waals surface area contributed by atoms with Crippen LogP contribution in [0.4, 0.5) is 0 Å². The van der Waals surface area contributed by atoms with E-state index in [9.17, 15) is 4.79 Å². The van der Waals surface area contributed by atoms with E-state index >= 15 is 0 Å². The molecule has 94 valence electrons. The minimum Gasteiger partial charge on any atom is -0.352 e. The molecule has 2 aromatic rings. The fraction of sp³-hybridized carbons (Fsp3) is 0.231. The molecule has 0 unspecified atom stereocenters. The second-order valence-corrected chi connectivity index (χ2v) is 5.02. The molecule has 1 aromatic carbocycles. The Hall–Kier alpha value is -1.39. The van der Waals surface area contributed by atoms with Crippen LogP contribution in [0.25, 0.3) is 0 Å². The van der Waals surface area contributed by atoms with E-state index < -0.39 is 0 Å². The van der Waals surface area contributed by atoms with Gasteiger partial charge in [0.15, 0.2) is 0 Å². The molecular formula is C13H13ClN2OS. The molecule has 3 nitrogen and oxygen atoms in total. The van der Waals surface area contributed by atoms with E-state index in [0.717, 1.165) is 17.7 Å². The maximum atomic E-state index is 12.0. The predicted molar refractivity (Wildman–Crippen MR) is 74.3 cm³/mol. The molecule has 0 saturated heterocycles. The molecular weight excluding hydrogens is 268 g/mol. The van der Waals surface area contributed by atoms with Crippen molar-refractivity contribution in [2.24, 2.45) is 0 Å². The lowest BCUT2D eigenvalue weighted by atomic mass is 10.1. The summed E-state index contributed by atoms with van der Waals surface area (Å²) in [5.41, 5.74) is 4.23. The number of aromatic nitrogens is 1. The molecule has 5 heteroatoms. The molecule has 1 heterocycles. The summed E-state index contributed by atoms with van der Waals surface area (Å²) in [6, 6.07) is 5.34. The third-order valence-electron chi connectivity index (χ3n) is 2.66. The quantitative estimate of drug-likeness (QED) is 0.935. The van der Waals surface area contributed by atoms with E-state index in [2.05, 4.69) is 10.3 Å². The normalized spacial score (nSPS) is 10.3. The molecule has 0 fully saturated rings. The van der Waals surface area contributed by atoms with Crippen molar-refractivity contribution < 1.29 is 4.79 Å². The number of thiazole rings is 1. The molecule has 0 aliphatic rings. The van der Waals surface area contributed by atoms with Gasteiger partial charge in [0.1, 0.15) is 0 Å². The van der Waals surface area contributed by atoms with Crippen LogP contribution < -0.4 is 5.32 Å². The van der Waals surface area contributed by atoms with Gasteiger partial charge in [-0.15, -0.1) is 11.3 Å². The monoisotopic (exact) mass is 280 g/mol. The summed E-state index contributed by atoms with van der Waals surface area (Å²) >= 11 is 7.54. The summed E-state index contributed by atoms with van der Waals surface area (Å²) < 4.78 is 0. The van der Waals surface area contributed by atoms with E-state index in [-0.39, 0.29) is 5.91 Å². The first-order valence-corrected chi connectivity index (χ1v) is 6.91. The molecule has 0 spiro atoms. The van der Waals surface area contributed by atoms with Crippen LogP contribution in [0.5, 0.6) is 0 Å². The van der Waals surface area contributed by atoms with Crippen molar-refractivity contribution >= 4 is 28.8 Å². The van der Waals surface area contributed by atoms with Gasteiger partial charge in [-0.05, 0) is 24.6 Å². The topological polar surface area (TPSA) is 42.0 Å². The lowest BCUT2D eigenvalue weighted by molar-refractivity contribution is 0.0953. The summed E-state index contributed by atoms with van der Waals surface area (Å²) in [6.07, 6.45) is 0.745. The van der Waals surface area contributed by atoms with E-state index in [1.165, 1.54) is 0 Å². The number of carbonyl (C=O) groups excluding carboxylic acids is 1. The van der Waals surface area contributed by atoms with Crippen LogP contribution in [0.3, 0.4) is 0 Å². The SMILES string of the molecule is Cc1c(Cl)cccc1C(=O)NCCc1cscn1. The van der Waals surface area contributed by atoms with Crippen molar-refractivity contribution in [3.05, 3.63) is 50.9 Å². The highest BCUT2D eigenvalue weighted by molar-refractivity contribution is 7.07. The Morgan fingerprint density at radius 1 is 1.50 bits per heavy atom. The van der Waals surface area contributed by atoms with Crippen LogP contribution in [0.1, 0.15) is 21.6 Å². The molecule has 0 aliphatic heterocycles. The number of benzene rings is 1. The molecule has 0 bridgehead atoms. The standard InChI is InChI=1S/C13H13ClN2OS/c1-9-11(3-2-4-12(9)14)13(17)15-6-5-10-7-18-8-16-10/h2-4,7-8H,5-6H2,1H3,(H,15,17). The molecule has 1 amide bonds. The lowest BCUT2D eigenvalue weighted by Gasteiger charge is -2.08. The van der Waals surface area contributed by atoms with Gasteiger partial charge in [-0.3, -0.25) is 4.79 Å². The third-order valence-corrected chi connectivity index (χ3v) is 3.71. The van der Waals surface area contributed by atoms with Crippen LogP contribution in [0.15, 0.2) is 29.1 Å². The van der Waals surface area contributed by atoms with Crippen LogP contribution >= 0.6 is 22.9 Å². The fourth-order valence-corrected chi connectivity index (χ4v) is 2.38. The fourth-order valence-electron chi connectivity index (χ4n) is 1.61. The van der Waals surface area contributed by atoms with Crippen molar-refractivity contribution in [3.8, 4) is 0 Å². The minimum absolute atomic E-state index is 0.0924. The van der Waals surface area contributed by atoms with E-state index in [4.69, 9.17) is 11.6 Å².